The van der Waals surface area contributed by atoms with Gasteiger partial charge in [-0.15, -0.1) is 0 Å². The largest absolute Gasteiger partial charge is 0.392 e. The van der Waals surface area contributed by atoms with Gasteiger partial charge in [0.15, 0.2) is 0 Å². The van der Waals surface area contributed by atoms with Gasteiger partial charge in [0.25, 0.3) is 0 Å². The molecule has 1 rings (SSSR count). The molecule has 0 aromatic heterocycles. The summed E-state index contributed by atoms with van der Waals surface area (Å²) in [5.41, 5.74) is 0. The predicted octanol–water partition coefficient (Wildman–Crippen LogP) is -0.0916. The second kappa shape index (κ2) is 4.58. The molecule has 0 aromatic carbocycles. The van der Waals surface area contributed by atoms with Crippen LogP contribution >= 0.6 is 0 Å². The normalized spacial score (nSPS) is 30.1. The Kier molecular flexibility index (Phi) is 3.69. The van der Waals surface area contributed by atoms with Gasteiger partial charge >= 0.3 is 0 Å². The maximum absolute atomic E-state index is 11.4. The minimum absolute atomic E-state index is 0.106. The predicted molar refractivity (Wildman–Crippen MR) is 48.2 cm³/mol. The summed E-state index contributed by atoms with van der Waals surface area (Å²) in [6.07, 6.45) is 0.117. The number of aliphatic hydroxyl groups excluding tert-OH is 1. The average molecular weight is 187 g/mol. The second-order valence-electron chi connectivity index (χ2n) is 3.65. The first-order valence-corrected chi connectivity index (χ1v) is 4.68. The standard InChI is InChI=1S/C9H17NO3/c1-6-3-4-13-8(6)9(12)10-5-7(2)11/h6-8,11H,3-5H2,1-2H3,(H,10,12)/t6-,7?,8+/m1/s1. The Hall–Kier alpha value is -0.610. The molecule has 1 unspecified atom stereocenters. The molecule has 0 spiro atoms. The van der Waals surface area contributed by atoms with Crippen LogP contribution in [-0.2, 0) is 9.53 Å². The van der Waals surface area contributed by atoms with E-state index in [1.165, 1.54) is 0 Å². The van der Waals surface area contributed by atoms with Crippen LogP contribution in [0.1, 0.15) is 20.3 Å². The van der Waals surface area contributed by atoms with E-state index in [4.69, 9.17) is 9.84 Å². The zero-order valence-corrected chi connectivity index (χ0v) is 8.12. The number of nitrogens with one attached hydrogen (secondary N) is 1. The molecule has 0 radical (unpaired) electrons. The van der Waals surface area contributed by atoms with Crippen LogP contribution in [0.5, 0.6) is 0 Å². The fourth-order valence-corrected chi connectivity index (χ4v) is 1.38. The van der Waals surface area contributed by atoms with Gasteiger partial charge in [-0.2, -0.15) is 0 Å². The first kappa shape index (κ1) is 10.5. The Bertz CT molecular complexity index is 182. The summed E-state index contributed by atoms with van der Waals surface area (Å²) in [5, 5.41) is 11.6. The Morgan fingerprint density at radius 2 is 2.46 bits per heavy atom. The molecule has 1 heterocycles. The van der Waals surface area contributed by atoms with Crippen LogP contribution in [0, 0.1) is 5.92 Å². The van der Waals surface area contributed by atoms with E-state index in [0.717, 1.165) is 6.42 Å². The Morgan fingerprint density at radius 3 is 2.92 bits per heavy atom. The number of carbonyl (C=O) groups excluding carboxylic acids is 1. The third-order valence-corrected chi connectivity index (χ3v) is 2.22. The van der Waals surface area contributed by atoms with Crippen molar-refractivity contribution >= 4 is 5.91 Å². The van der Waals surface area contributed by atoms with E-state index in [-0.39, 0.29) is 17.9 Å². The summed E-state index contributed by atoms with van der Waals surface area (Å²) in [6.45, 7) is 4.60. The van der Waals surface area contributed by atoms with E-state index < -0.39 is 6.10 Å². The van der Waals surface area contributed by atoms with Crippen LogP contribution < -0.4 is 5.32 Å². The molecule has 3 atom stereocenters. The maximum atomic E-state index is 11.4. The molecule has 13 heavy (non-hydrogen) atoms. The summed E-state index contributed by atoms with van der Waals surface area (Å²) >= 11 is 0. The summed E-state index contributed by atoms with van der Waals surface area (Å²) < 4.78 is 5.27. The number of aliphatic hydroxyl groups is 1. The SMILES string of the molecule is CC(O)CNC(=O)[C@H]1OCC[C@H]1C. The fourth-order valence-electron chi connectivity index (χ4n) is 1.38. The first-order valence-electron chi connectivity index (χ1n) is 4.68. The Balaban J connectivity index is 2.30. The summed E-state index contributed by atoms with van der Waals surface area (Å²) in [7, 11) is 0. The molecule has 4 nitrogen and oxygen atoms in total. The summed E-state index contributed by atoms with van der Waals surface area (Å²) in [4.78, 5) is 11.4. The summed E-state index contributed by atoms with van der Waals surface area (Å²) in [6, 6.07) is 0. The fraction of sp³-hybridized carbons (Fsp3) is 0.889. The minimum Gasteiger partial charge on any atom is -0.392 e. The molecule has 4 heteroatoms. The van der Waals surface area contributed by atoms with Crippen molar-refractivity contribution in [3.8, 4) is 0 Å². The van der Waals surface area contributed by atoms with Crippen LogP contribution in [-0.4, -0.2) is 36.4 Å². The monoisotopic (exact) mass is 187 g/mol. The van der Waals surface area contributed by atoms with Gasteiger partial charge in [0, 0.05) is 13.2 Å². The smallest absolute Gasteiger partial charge is 0.249 e. The van der Waals surface area contributed by atoms with Crippen LogP contribution in [0.2, 0.25) is 0 Å². The molecule has 1 aliphatic heterocycles. The van der Waals surface area contributed by atoms with E-state index in [2.05, 4.69) is 5.32 Å². The second-order valence-corrected chi connectivity index (χ2v) is 3.65. The number of hydrogen-bond acceptors (Lipinski definition) is 3. The van der Waals surface area contributed by atoms with Crippen LogP contribution in [0.4, 0.5) is 0 Å². The van der Waals surface area contributed by atoms with Crippen molar-refractivity contribution in [2.24, 2.45) is 5.92 Å². The molecule has 0 aliphatic carbocycles. The van der Waals surface area contributed by atoms with Gasteiger partial charge in [-0.3, -0.25) is 4.79 Å². The molecule has 1 amide bonds. The van der Waals surface area contributed by atoms with Crippen LogP contribution in [0.25, 0.3) is 0 Å². The van der Waals surface area contributed by atoms with Gasteiger partial charge in [0.05, 0.1) is 6.10 Å². The molecular weight excluding hydrogens is 170 g/mol. The van der Waals surface area contributed by atoms with Gasteiger partial charge < -0.3 is 15.2 Å². The van der Waals surface area contributed by atoms with E-state index in [9.17, 15) is 4.79 Å². The third kappa shape index (κ3) is 2.97. The van der Waals surface area contributed by atoms with Gasteiger partial charge in [0.2, 0.25) is 5.91 Å². The number of amides is 1. The van der Waals surface area contributed by atoms with E-state index >= 15 is 0 Å². The number of rotatable bonds is 3. The lowest BCUT2D eigenvalue weighted by atomic mass is 10.0. The zero-order valence-electron chi connectivity index (χ0n) is 8.12. The molecule has 0 aromatic rings. The quantitative estimate of drug-likeness (QED) is 0.649. The average Bonchev–Trinajstić information content (AvgIpc) is 2.47. The highest BCUT2D eigenvalue weighted by Gasteiger charge is 2.30. The molecule has 0 bridgehead atoms. The maximum Gasteiger partial charge on any atom is 0.249 e. The third-order valence-electron chi connectivity index (χ3n) is 2.22. The lowest BCUT2D eigenvalue weighted by Crippen LogP contribution is -2.40. The summed E-state index contributed by atoms with van der Waals surface area (Å²) in [5.74, 6) is 0.180. The first-order chi connectivity index (χ1) is 6.11. The van der Waals surface area contributed by atoms with Crippen molar-refractivity contribution < 1.29 is 14.6 Å². The van der Waals surface area contributed by atoms with Crippen molar-refractivity contribution in [1.29, 1.82) is 0 Å². The Morgan fingerprint density at radius 1 is 1.77 bits per heavy atom. The molecule has 1 saturated heterocycles. The number of hydrogen-bond donors (Lipinski definition) is 2. The highest BCUT2D eigenvalue weighted by molar-refractivity contribution is 5.81. The topological polar surface area (TPSA) is 58.6 Å². The molecular formula is C9H17NO3. The van der Waals surface area contributed by atoms with Crippen LogP contribution in [0.3, 0.4) is 0 Å². The molecule has 1 aliphatic rings. The highest BCUT2D eigenvalue weighted by Crippen LogP contribution is 2.19. The van der Waals surface area contributed by atoms with Gasteiger partial charge in [-0.25, -0.2) is 0 Å². The lowest BCUT2D eigenvalue weighted by molar-refractivity contribution is -0.131. The van der Waals surface area contributed by atoms with Gasteiger partial charge in [0.1, 0.15) is 6.10 Å². The molecule has 2 N–H and O–H groups in total. The lowest BCUT2D eigenvalue weighted by Gasteiger charge is -2.15. The van der Waals surface area contributed by atoms with E-state index in [1.54, 1.807) is 6.92 Å². The Labute approximate surface area is 78.3 Å². The van der Waals surface area contributed by atoms with Crippen LogP contribution in [0.15, 0.2) is 0 Å². The zero-order chi connectivity index (χ0) is 9.84. The molecule has 1 fully saturated rings. The van der Waals surface area contributed by atoms with Crippen molar-refractivity contribution in [2.75, 3.05) is 13.2 Å². The van der Waals surface area contributed by atoms with Crippen molar-refractivity contribution in [1.82, 2.24) is 5.32 Å². The van der Waals surface area contributed by atoms with Crippen molar-refractivity contribution in [3.63, 3.8) is 0 Å². The molecule has 0 saturated carbocycles. The van der Waals surface area contributed by atoms with E-state index in [1.807, 2.05) is 6.92 Å². The highest BCUT2D eigenvalue weighted by atomic mass is 16.5. The number of carbonyl (C=O) groups is 1. The van der Waals surface area contributed by atoms with E-state index in [0.29, 0.717) is 13.2 Å². The minimum atomic E-state index is -0.499. The van der Waals surface area contributed by atoms with Crippen molar-refractivity contribution in [3.05, 3.63) is 0 Å². The molecule has 76 valence electrons. The number of ether oxygens (including phenoxy) is 1. The van der Waals surface area contributed by atoms with Crippen molar-refractivity contribution in [2.45, 2.75) is 32.5 Å². The van der Waals surface area contributed by atoms with Gasteiger partial charge in [-0.05, 0) is 19.3 Å². The van der Waals surface area contributed by atoms with Gasteiger partial charge in [-0.1, -0.05) is 6.92 Å².